The van der Waals surface area contributed by atoms with Crippen molar-refractivity contribution in [1.29, 1.82) is 0 Å². The van der Waals surface area contributed by atoms with Gasteiger partial charge in [0.25, 0.3) is 0 Å². The molecule has 1 aromatic rings. The van der Waals surface area contributed by atoms with Crippen LogP contribution >= 0.6 is 24.0 Å². The summed E-state index contributed by atoms with van der Waals surface area (Å²) in [6.45, 7) is 12.0. The number of hydrogen-bond acceptors (Lipinski definition) is 4. The van der Waals surface area contributed by atoms with E-state index in [4.69, 9.17) is 9.73 Å². The van der Waals surface area contributed by atoms with Gasteiger partial charge in [0.05, 0.1) is 19.1 Å². The fraction of sp³-hybridized carbons (Fsp3) is 0.636. The average Bonchev–Trinajstić information content (AvgIpc) is 2.71. The number of rotatable bonds is 8. The standard InChI is InChI=1S/C22H36N4O2.HI/c1-5-23-22(26-14-12-18(13-15-26)21(27)28-6-2)24-16-20(17(3)4)25-19-10-8-7-9-11-19;/h7-11,17-18,20,25H,5-6,12-16H2,1-4H3,(H,23,24);1H. The number of likely N-dealkylation sites (tertiary alicyclic amines) is 1. The van der Waals surface area contributed by atoms with Crippen molar-refractivity contribution in [1.82, 2.24) is 10.2 Å². The minimum Gasteiger partial charge on any atom is -0.466 e. The largest absolute Gasteiger partial charge is 0.466 e. The molecule has 1 heterocycles. The number of para-hydroxylation sites is 1. The van der Waals surface area contributed by atoms with Gasteiger partial charge >= 0.3 is 5.97 Å². The Hall–Kier alpha value is -1.51. The molecule has 29 heavy (non-hydrogen) atoms. The van der Waals surface area contributed by atoms with Gasteiger partial charge in [-0.1, -0.05) is 32.0 Å². The highest BCUT2D eigenvalue weighted by Gasteiger charge is 2.27. The number of anilines is 1. The highest BCUT2D eigenvalue weighted by atomic mass is 127. The molecule has 1 unspecified atom stereocenters. The Morgan fingerprint density at radius 2 is 1.86 bits per heavy atom. The normalized spacial score (nSPS) is 16.2. The number of ether oxygens (including phenoxy) is 1. The van der Waals surface area contributed by atoms with Gasteiger partial charge in [0.15, 0.2) is 5.96 Å². The molecule has 0 radical (unpaired) electrons. The van der Waals surface area contributed by atoms with Crippen molar-refractivity contribution in [2.45, 2.75) is 46.6 Å². The Bertz CT molecular complexity index is 616. The lowest BCUT2D eigenvalue weighted by molar-refractivity contribution is -0.149. The Kier molecular flexibility index (Phi) is 12.0. The van der Waals surface area contributed by atoms with Crippen molar-refractivity contribution in [3.63, 3.8) is 0 Å². The molecule has 0 spiro atoms. The van der Waals surface area contributed by atoms with Crippen molar-refractivity contribution in [2.24, 2.45) is 16.8 Å². The van der Waals surface area contributed by atoms with Crippen molar-refractivity contribution >= 4 is 41.6 Å². The third kappa shape index (κ3) is 8.40. The number of esters is 1. The molecule has 1 saturated heterocycles. The summed E-state index contributed by atoms with van der Waals surface area (Å²) in [5.74, 6) is 1.35. The molecule has 1 atom stereocenters. The molecule has 2 N–H and O–H groups in total. The van der Waals surface area contributed by atoms with Crippen LogP contribution in [0.25, 0.3) is 0 Å². The lowest BCUT2D eigenvalue weighted by Crippen LogP contribution is -2.47. The van der Waals surface area contributed by atoms with Gasteiger partial charge in [-0.3, -0.25) is 9.79 Å². The van der Waals surface area contributed by atoms with E-state index in [0.29, 0.717) is 19.1 Å². The van der Waals surface area contributed by atoms with E-state index in [9.17, 15) is 4.79 Å². The SMILES string of the molecule is CCNC(=NCC(Nc1ccccc1)C(C)C)N1CCC(C(=O)OCC)CC1.I. The number of nitrogens with one attached hydrogen (secondary N) is 2. The number of hydrogen-bond donors (Lipinski definition) is 2. The fourth-order valence-corrected chi connectivity index (χ4v) is 3.37. The molecule has 0 bridgehead atoms. The second kappa shape index (κ2) is 13.7. The maximum Gasteiger partial charge on any atom is 0.309 e. The number of halogens is 1. The Morgan fingerprint density at radius 1 is 1.21 bits per heavy atom. The number of piperidine rings is 1. The Morgan fingerprint density at radius 3 is 2.41 bits per heavy atom. The summed E-state index contributed by atoms with van der Waals surface area (Å²) in [6.07, 6.45) is 1.64. The first-order valence-electron chi connectivity index (χ1n) is 10.6. The van der Waals surface area contributed by atoms with E-state index in [0.717, 1.165) is 44.1 Å². The molecule has 1 aliphatic rings. The first-order valence-corrected chi connectivity index (χ1v) is 10.6. The van der Waals surface area contributed by atoms with Gasteiger partial charge in [-0.2, -0.15) is 0 Å². The van der Waals surface area contributed by atoms with E-state index in [2.05, 4.69) is 48.4 Å². The van der Waals surface area contributed by atoms with Crippen LogP contribution in [0.15, 0.2) is 35.3 Å². The van der Waals surface area contributed by atoms with Gasteiger partial charge in [0, 0.05) is 31.4 Å². The van der Waals surface area contributed by atoms with Gasteiger partial charge in [-0.05, 0) is 44.7 Å². The number of carbonyl (C=O) groups is 1. The Labute approximate surface area is 192 Å². The lowest BCUT2D eigenvalue weighted by Gasteiger charge is -2.33. The number of benzene rings is 1. The van der Waals surface area contributed by atoms with Crippen LogP contribution in [0.5, 0.6) is 0 Å². The second-order valence-corrected chi connectivity index (χ2v) is 7.57. The minimum atomic E-state index is -0.0592. The van der Waals surface area contributed by atoms with Gasteiger partial charge < -0.3 is 20.3 Å². The third-order valence-electron chi connectivity index (χ3n) is 5.12. The first kappa shape index (κ1) is 25.5. The molecule has 2 rings (SSSR count). The Balaban J connectivity index is 0.00000420. The highest BCUT2D eigenvalue weighted by molar-refractivity contribution is 14.0. The number of aliphatic imine (C=N–C) groups is 1. The summed E-state index contributed by atoms with van der Waals surface area (Å²) in [4.78, 5) is 19.1. The van der Waals surface area contributed by atoms with Gasteiger partial charge in [-0.25, -0.2) is 0 Å². The van der Waals surface area contributed by atoms with Crippen LogP contribution in [-0.4, -0.2) is 55.7 Å². The first-order chi connectivity index (χ1) is 13.5. The minimum absolute atomic E-state index is 0. The molecule has 164 valence electrons. The van der Waals surface area contributed by atoms with Crippen LogP contribution in [0.1, 0.15) is 40.5 Å². The zero-order valence-corrected chi connectivity index (χ0v) is 20.5. The third-order valence-corrected chi connectivity index (χ3v) is 5.12. The van der Waals surface area contributed by atoms with Gasteiger partial charge in [-0.15, -0.1) is 24.0 Å². The van der Waals surface area contributed by atoms with Crippen LogP contribution in [0.4, 0.5) is 5.69 Å². The zero-order chi connectivity index (χ0) is 20.4. The summed E-state index contributed by atoms with van der Waals surface area (Å²) in [6, 6.07) is 10.5. The number of nitrogens with zero attached hydrogens (tertiary/aromatic N) is 2. The molecule has 7 heteroatoms. The molecule has 0 aromatic heterocycles. The van der Waals surface area contributed by atoms with E-state index >= 15 is 0 Å². The van der Waals surface area contributed by atoms with Crippen molar-refractivity contribution in [2.75, 3.05) is 38.1 Å². The van der Waals surface area contributed by atoms with E-state index in [1.807, 2.05) is 25.1 Å². The second-order valence-electron chi connectivity index (χ2n) is 7.57. The maximum atomic E-state index is 12.0. The lowest BCUT2D eigenvalue weighted by atomic mass is 9.97. The molecule has 1 aromatic carbocycles. The zero-order valence-electron chi connectivity index (χ0n) is 18.2. The topological polar surface area (TPSA) is 66.0 Å². The number of guanidine groups is 1. The van der Waals surface area contributed by atoms with Crippen LogP contribution in [0, 0.1) is 11.8 Å². The summed E-state index contributed by atoms with van der Waals surface area (Å²) in [5.41, 5.74) is 1.12. The van der Waals surface area contributed by atoms with Crippen molar-refractivity contribution in [3.8, 4) is 0 Å². The number of carbonyl (C=O) groups excluding carboxylic acids is 1. The van der Waals surface area contributed by atoms with Gasteiger partial charge in [0.1, 0.15) is 0 Å². The molecule has 6 nitrogen and oxygen atoms in total. The summed E-state index contributed by atoms with van der Waals surface area (Å²) in [7, 11) is 0. The summed E-state index contributed by atoms with van der Waals surface area (Å²) < 4.78 is 5.17. The summed E-state index contributed by atoms with van der Waals surface area (Å²) in [5, 5.41) is 7.01. The fourth-order valence-electron chi connectivity index (χ4n) is 3.37. The molecule has 0 amide bonds. The average molecular weight is 516 g/mol. The molecule has 0 aliphatic carbocycles. The predicted octanol–water partition coefficient (Wildman–Crippen LogP) is 3.98. The molecular weight excluding hydrogens is 479 g/mol. The van der Waals surface area contributed by atoms with Crippen LogP contribution < -0.4 is 10.6 Å². The summed E-state index contributed by atoms with van der Waals surface area (Å²) >= 11 is 0. The van der Waals surface area contributed by atoms with Crippen LogP contribution in [0.3, 0.4) is 0 Å². The molecule has 1 fully saturated rings. The molecular formula is C22H37IN4O2. The van der Waals surface area contributed by atoms with Gasteiger partial charge in [0.2, 0.25) is 0 Å². The van der Waals surface area contributed by atoms with E-state index in [1.54, 1.807) is 0 Å². The monoisotopic (exact) mass is 516 g/mol. The quantitative estimate of drug-likeness (QED) is 0.237. The smallest absolute Gasteiger partial charge is 0.309 e. The highest BCUT2D eigenvalue weighted by Crippen LogP contribution is 2.19. The van der Waals surface area contributed by atoms with Crippen molar-refractivity contribution in [3.05, 3.63) is 30.3 Å². The van der Waals surface area contributed by atoms with E-state index in [-0.39, 0.29) is 41.9 Å². The molecule has 1 aliphatic heterocycles. The maximum absolute atomic E-state index is 12.0. The van der Waals surface area contributed by atoms with Crippen LogP contribution in [0.2, 0.25) is 0 Å². The van der Waals surface area contributed by atoms with Crippen molar-refractivity contribution < 1.29 is 9.53 Å². The molecule has 0 saturated carbocycles. The van der Waals surface area contributed by atoms with Crippen LogP contribution in [-0.2, 0) is 9.53 Å². The van der Waals surface area contributed by atoms with E-state index < -0.39 is 0 Å². The predicted molar refractivity (Wildman–Crippen MR) is 131 cm³/mol. The van der Waals surface area contributed by atoms with E-state index in [1.165, 1.54) is 0 Å².